The number of para-hydroxylation sites is 1. The SMILES string of the molecule is CC(C)(C)NC(=O)c1ccccc1NC(=O)C1CCCN(S(=O)(=O)CCCc2ccccc2)C1. The molecule has 7 nitrogen and oxygen atoms in total. The van der Waals surface area contributed by atoms with Crippen LogP contribution in [0.3, 0.4) is 0 Å². The highest BCUT2D eigenvalue weighted by Gasteiger charge is 2.32. The topological polar surface area (TPSA) is 95.6 Å². The Bertz CT molecular complexity index is 1090. The summed E-state index contributed by atoms with van der Waals surface area (Å²) in [4.78, 5) is 25.7. The average molecular weight is 486 g/mol. The summed E-state index contributed by atoms with van der Waals surface area (Å²) in [5.41, 5.74) is 1.51. The fraction of sp³-hybridized carbons (Fsp3) is 0.462. The minimum Gasteiger partial charge on any atom is -0.347 e. The van der Waals surface area contributed by atoms with Crippen LogP contribution in [0.1, 0.15) is 56.0 Å². The number of nitrogens with one attached hydrogen (secondary N) is 2. The minimum absolute atomic E-state index is 0.0615. The lowest BCUT2D eigenvalue weighted by atomic mass is 9.98. The third kappa shape index (κ3) is 7.40. The van der Waals surface area contributed by atoms with Crippen LogP contribution in [0.25, 0.3) is 0 Å². The molecular weight excluding hydrogens is 450 g/mol. The van der Waals surface area contributed by atoms with Crippen LogP contribution in [0.5, 0.6) is 0 Å². The Balaban J connectivity index is 1.61. The molecule has 1 heterocycles. The van der Waals surface area contributed by atoms with Crippen molar-refractivity contribution in [2.45, 2.75) is 52.0 Å². The van der Waals surface area contributed by atoms with Gasteiger partial charge in [0.15, 0.2) is 0 Å². The highest BCUT2D eigenvalue weighted by molar-refractivity contribution is 7.89. The van der Waals surface area contributed by atoms with Gasteiger partial charge in [-0.25, -0.2) is 12.7 Å². The molecule has 1 unspecified atom stereocenters. The molecule has 0 aliphatic carbocycles. The van der Waals surface area contributed by atoms with Crippen molar-refractivity contribution < 1.29 is 18.0 Å². The smallest absolute Gasteiger partial charge is 0.253 e. The molecule has 8 heteroatoms. The number of carbonyl (C=O) groups excluding carboxylic acids is 2. The second-order valence-electron chi connectivity index (χ2n) is 9.84. The van der Waals surface area contributed by atoms with Crippen LogP contribution < -0.4 is 10.6 Å². The molecule has 3 rings (SSSR count). The van der Waals surface area contributed by atoms with E-state index in [1.54, 1.807) is 24.3 Å². The zero-order valence-corrected chi connectivity index (χ0v) is 21.0. The minimum atomic E-state index is -3.45. The molecule has 0 radical (unpaired) electrons. The van der Waals surface area contributed by atoms with E-state index in [-0.39, 0.29) is 24.1 Å². The van der Waals surface area contributed by atoms with Crippen LogP contribution in [-0.2, 0) is 21.2 Å². The van der Waals surface area contributed by atoms with Crippen LogP contribution in [0.2, 0.25) is 0 Å². The van der Waals surface area contributed by atoms with Crippen LogP contribution >= 0.6 is 0 Å². The number of amides is 2. The van der Waals surface area contributed by atoms with E-state index in [2.05, 4.69) is 10.6 Å². The summed E-state index contributed by atoms with van der Waals surface area (Å²) in [7, 11) is -3.45. The molecule has 2 aromatic carbocycles. The molecule has 2 N–H and O–H groups in total. The number of hydrogen-bond donors (Lipinski definition) is 2. The maximum atomic E-state index is 13.0. The Morgan fingerprint density at radius 3 is 2.41 bits per heavy atom. The number of sulfonamides is 1. The van der Waals surface area contributed by atoms with E-state index >= 15 is 0 Å². The summed E-state index contributed by atoms with van der Waals surface area (Å²) >= 11 is 0. The fourth-order valence-electron chi connectivity index (χ4n) is 4.07. The number of nitrogens with zero attached hydrogens (tertiary/aromatic N) is 1. The molecular formula is C26H35N3O4S. The largest absolute Gasteiger partial charge is 0.347 e. The van der Waals surface area contributed by atoms with Gasteiger partial charge < -0.3 is 10.6 Å². The standard InChI is InChI=1S/C26H35N3O4S/c1-26(2,3)28-25(31)22-15-7-8-16-23(22)27-24(30)21-14-9-17-29(19-21)34(32,33)18-10-13-20-11-5-4-6-12-20/h4-8,11-12,15-16,21H,9-10,13-14,17-19H2,1-3H3,(H,27,30)(H,28,31). The van der Waals surface area contributed by atoms with E-state index < -0.39 is 21.5 Å². The van der Waals surface area contributed by atoms with E-state index in [0.29, 0.717) is 43.5 Å². The van der Waals surface area contributed by atoms with Gasteiger partial charge in [0.2, 0.25) is 15.9 Å². The third-order valence-corrected chi connectivity index (χ3v) is 7.70. The van der Waals surface area contributed by atoms with Gasteiger partial charge in [-0.3, -0.25) is 9.59 Å². The summed E-state index contributed by atoms with van der Waals surface area (Å²) in [5, 5.41) is 5.77. The zero-order chi connectivity index (χ0) is 24.8. The molecule has 1 saturated heterocycles. The Kier molecular flexibility index (Phi) is 8.49. The summed E-state index contributed by atoms with van der Waals surface area (Å²) in [6.07, 6.45) is 2.47. The Morgan fingerprint density at radius 1 is 1.03 bits per heavy atom. The Morgan fingerprint density at radius 2 is 1.71 bits per heavy atom. The predicted octanol–water partition coefficient (Wildman–Crippen LogP) is 3.83. The first-order valence-electron chi connectivity index (χ1n) is 11.8. The van der Waals surface area contributed by atoms with E-state index in [4.69, 9.17) is 0 Å². The van der Waals surface area contributed by atoms with Crippen LogP contribution in [-0.4, -0.2) is 48.9 Å². The van der Waals surface area contributed by atoms with Gasteiger partial charge in [-0.05, 0) is 64.2 Å². The number of carbonyl (C=O) groups is 2. The second-order valence-corrected chi connectivity index (χ2v) is 11.9. The summed E-state index contributed by atoms with van der Waals surface area (Å²) in [6, 6.07) is 16.7. The highest BCUT2D eigenvalue weighted by Crippen LogP contribution is 2.23. The molecule has 1 aliphatic heterocycles. The predicted molar refractivity (Wildman–Crippen MR) is 135 cm³/mol. The van der Waals surface area contributed by atoms with Gasteiger partial charge in [-0.15, -0.1) is 0 Å². The number of anilines is 1. The van der Waals surface area contributed by atoms with Crippen molar-refractivity contribution in [2.24, 2.45) is 5.92 Å². The monoisotopic (exact) mass is 485 g/mol. The molecule has 0 aromatic heterocycles. The first kappa shape index (κ1) is 25.9. The maximum Gasteiger partial charge on any atom is 0.253 e. The first-order valence-corrected chi connectivity index (χ1v) is 13.4. The van der Waals surface area contributed by atoms with Crippen molar-refractivity contribution in [1.82, 2.24) is 9.62 Å². The zero-order valence-electron chi connectivity index (χ0n) is 20.2. The van der Waals surface area contributed by atoms with Crippen molar-refractivity contribution in [3.05, 3.63) is 65.7 Å². The molecule has 2 aromatic rings. The lowest BCUT2D eigenvalue weighted by molar-refractivity contribution is -0.120. The van der Waals surface area contributed by atoms with Gasteiger partial charge in [0.1, 0.15) is 0 Å². The van der Waals surface area contributed by atoms with Crippen molar-refractivity contribution in [2.75, 3.05) is 24.2 Å². The van der Waals surface area contributed by atoms with Crippen molar-refractivity contribution >= 4 is 27.5 Å². The quantitative estimate of drug-likeness (QED) is 0.594. The van der Waals surface area contributed by atoms with Gasteiger partial charge in [0, 0.05) is 18.6 Å². The summed E-state index contributed by atoms with van der Waals surface area (Å²) in [6.45, 7) is 6.27. The van der Waals surface area contributed by atoms with E-state index in [1.807, 2.05) is 51.1 Å². The number of piperidine rings is 1. The number of benzene rings is 2. The van der Waals surface area contributed by atoms with Gasteiger partial charge >= 0.3 is 0 Å². The Hall–Kier alpha value is -2.71. The molecule has 1 fully saturated rings. The van der Waals surface area contributed by atoms with Crippen LogP contribution in [0, 0.1) is 5.92 Å². The van der Waals surface area contributed by atoms with Crippen LogP contribution in [0.4, 0.5) is 5.69 Å². The van der Waals surface area contributed by atoms with E-state index in [1.165, 1.54) is 4.31 Å². The lowest BCUT2D eigenvalue weighted by Crippen LogP contribution is -2.45. The van der Waals surface area contributed by atoms with Gasteiger partial charge in [-0.2, -0.15) is 0 Å². The van der Waals surface area contributed by atoms with E-state index in [0.717, 1.165) is 5.56 Å². The van der Waals surface area contributed by atoms with Gasteiger partial charge in [0.05, 0.1) is 22.9 Å². The molecule has 1 aliphatic rings. The van der Waals surface area contributed by atoms with Crippen LogP contribution in [0.15, 0.2) is 54.6 Å². The molecule has 34 heavy (non-hydrogen) atoms. The normalized spacial score (nSPS) is 17.2. The third-order valence-electron chi connectivity index (χ3n) is 5.78. The average Bonchev–Trinajstić information content (AvgIpc) is 2.79. The number of aryl methyl sites for hydroxylation is 1. The summed E-state index contributed by atoms with van der Waals surface area (Å²) < 4.78 is 27.3. The molecule has 2 amide bonds. The number of rotatable bonds is 8. The van der Waals surface area contributed by atoms with E-state index in [9.17, 15) is 18.0 Å². The molecule has 1 atom stereocenters. The highest BCUT2D eigenvalue weighted by atomic mass is 32.2. The molecule has 184 valence electrons. The lowest BCUT2D eigenvalue weighted by Gasteiger charge is -2.31. The van der Waals surface area contributed by atoms with Gasteiger partial charge in [0.25, 0.3) is 5.91 Å². The fourth-order valence-corrected chi connectivity index (χ4v) is 5.66. The summed E-state index contributed by atoms with van der Waals surface area (Å²) in [5.74, 6) is -0.933. The maximum absolute atomic E-state index is 13.0. The second kappa shape index (κ2) is 11.1. The van der Waals surface area contributed by atoms with Gasteiger partial charge in [-0.1, -0.05) is 42.5 Å². The van der Waals surface area contributed by atoms with Crippen molar-refractivity contribution in [1.29, 1.82) is 0 Å². The molecule has 0 saturated carbocycles. The Labute approximate surface area is 203 Å². The van der Waals surface area contributed by atoms with Crippen molar-refractivity contribution in [3.63, 3.8) is 0 Å². The van der Waals surface area contributed by atoms with Crippen molar-refractivity contribution in [3.8, 4) is 0 Å². The molecule has 0 spiro atoms. The number of hydrogen-bond acceptors (Lipinski definition) is 4. The molecule has 0 bridgehead atoms. The first-order chi connectivity index (χ1) is 16.0.